The smallest absolute Gasteiger partial charge is 0.271 e. The summed E-state index contributed by atoms with van der Waals surface area (Å²) in [5, 5.41) is 10.5. The molecule has 0 aliphatic heterocycles. The Morgan fingerprint density at radius 2 is 2.25 bits per heavy atom. The minimum Gasteiger partial charge on any atom is -0.495 e. The molecule has 0 radical (unpaired) electrons. The van der Waals surface area contributed by atoms with E-state index in [0.717, 1.165) is 0 Å². The number of nitro benzene ring substituents is 1. The second kappa shape index (κ2) is 3.40. The molecular weight excluding hydrogens is 182 g/mol. The van der Waals surface area contributed by atoms with E-state index in [9.17, 15) is 10.1 Å². The lowest BCUT2D eigenvalue weighted by Gasteiger charge is -2.00. The van der Waals surface area contributed by atoms with Crippen molar-refractivity contribution in [2.75, 3.05) is 7.11 Å². The summed E-state index contributed by atoms with van der Waals surface area (Å²) in [6.07, 6.45) is 0. The largest absolute Gasteiger partial charge is 0.495 e. The van der Waals surface area contributed by atoms with Crippen LogP contribution in [0.4, 0.5) is 5.69 Å². The first-order valence-electron chi connectivity index (χ1n) is 3.13. The van der Waals surface area contributed by atoms with Gasteiger partial charge in [0.15, 0.2) is 0 Å². The second-order valence-electron chi connectivity index (χ2n) is 2.08. The first-order valence-corrected chi connectivity index (χ1v) is 3.51. The van der Waals surface area contributed by atoms with Gasteiger partial charge in [0.25, 0.3) is 5.69 Å². The highest BCUT2D eigenvalue weighted by Gasteiger charge is 2.08. The number of hydrogen-bond donors (Lipinski definition) is 0. The molecule has 64 valence electrons. The van der Waals surface area contributed by atoms with Crippen molar-refractivity contribution < 1.29 is 9.66 Å². The van der Waals surface area contributed by atoms with Crippen LogP contribution in [0, 0.1) is 10.1 Å². The van der Waals surface area contributed by atoms with E-state index >= 15 is 0 Å². The van der Waals surface area contributed by atoms with Crippen molar-refractivity contribution in [3.8, 4) is 5.75 Å². The van der Waals surface area contributed by atoms with E-state index in [1.165, 1.54) is 25.3 Å². The molecule has 0 aliphatic rings. The van der Waals surface area contributed by atoms with Gasteiger partial charge in [0, 0.05) is 12.1 Å². The predicted octanol–water partition coefficient (Wildman–Crippen LogP) is 2.26. The first-order chi connectivity index (χ1) is 5.65. The lowest BCUT2D eigenvalue weighted by Crippen LogP contribution is -1.89. The Balaban J connectivity index is 3.10. The van der Waals surface area contributed by atoms with Crippen LogP contribution in [0.3, 0.4) is 0 Å². The van der Waals surface area contributed by atoms with Crippen LogP contribution in [0.2, 0.25) is 5.02 Å². The fraction of sp³-hybridized carbons (Fsp3) is 0.143. The number of methoxy groups -OCH3 is 1. The molecule has 4 nitrogen and oxygen atoms in total. The van der Waals surface area contributed by atoms with E-state index in [1.807, 2.05) is 0 Å². The summed E-state index contributed by atoms with van der Waals surface area (Å²) >= 11 is 5.64. The second-order valence-corrected chi connectivity index (χ2v) is 2.48. The van der Waals surface area contributed by atoms with E-state index in [-0.39, 0.29) is 10.7 Å². The van der Waals surface area contributed by atoms with Crippen LogP contribution in [0.25, 0.3) is 0 Å². The Labute approximate surface area is 73.9 Å². The molecule has 0 unspecified atom stereocenters. The van der Waals surface area contributed by atoms with Crippen LogP contribution < -0.4 is 4.74 Å². The first kappa shape index (κ1) is 8.80. The van der Waals surface area contributed by atoms with E-state index in [0.29, 0.717) is 5.75 Å². The molecule has 0 atom stereocenters. The summed E-state index contributed by atoms with van der Waals surface area (Å²) in [5.74, 6) is 0.433. The van der Waals surface area contributed by atoms with Crippen LogP contribution in [-0.2, 0) is 0 Å². The van der Waals surface area contributed by atoms with Crippen molar-refractivity contribution in [3.05, 3.63) is 33.3 Å². The molecule has 0 saturated carbocycles. The normalized spacial score (nSPS) is 9.50. The lowest BCUT2D eigenvalue weighted by molar-refractivity contribution is -0.384. The van der Waals surface area contributed by atoms with Crippen molar-refractivity contribution in [1.82, 2.24) is 0 Å². The molecule has 0 N–H and O–H groups in total. The summed E-state index contributed by atoms with van der Waals surface area (Å²) in [4.78, 5) is 9.75. The Kier molecular flexibility index (Phi) is 2.50. The molecule has 12 heavy (non-hydrogen) atoms. The van der Waals surface area contributed by atoms with E-state index in [2.05, 4.69) is 0 Å². The molecule has 0 heterocycles. The van der Waals surface area contributed by atoms with Crippen molar-refractivity contribution in [2.24, 2.45) is 0 Å². The predicted molar refractivity (Wildman–Crippen MR) is 44.7 cm³/mol. The topological polar surface area (TPSA) is 52.4 Å². The zero-order valence-electron chi connectivity index (χ0n) is 6.28. The highest BCUT2D eigenvalue weighted by molar-refractivity contribution is 6.32. The average Bonchev–Trinajstić information content (AvgIpc) is 2.04. The molecular formula is C7H6ClNO3. The quantitative estimate of drug-likeness (QED) is 0.527. The molecule has 0 bridgehead atoms. The Hall–Kier alpha value is -1.29. The van der Waals surface area contributed by atoms with Gasteiger partial charge in [0.05, 0.1) is 17.1 Å². The van der Waals surface area contributed by atoms with Crippen LogP contribution >= 0.6 is 11.6 Å². The minimum absolute atomic E-state index is 0.0409. The number of halogens is 1. The van der Waals surface area contributed by atoms with Crippen molar-refractivity contribution in [2.45, 2.75) is 0 Å². The van der Waals surface area contributed by atoms with Gasteiger partial charge in [-0.25, -0.2) is 0 Å². The summed E-state index contributed by atoms with van der Waals surface area (Å²) < 4.78 is 4.83. The van der Waals surface area contributed by atoms with Crippen molar-refractivity contribution in [1.29, 1.82) is 0 Å². The Bertz CT molecular complexity index is 314. The zero-order chi connectivity index (χ0) is 9.14. The number of benzene rings is 1. The monoisotopic (exact) mass is 187 g/mol. The molecule has 0 aromatic heterocycles. The summed E-state index contributed by atoms with van der Waals surface area (Å²) in [7, 11) is 1.45. The van der Waals surface area contributed by atoms with Gasteiger partial charge >= 0.3 is 0 Å². The van der Waals surface area contributed by atoms with Crippen LogP contribution in [0.1, 0.15) is 0 Å². The fourth-order valence-electron chi connectivity index (χ4n) is 0.769. The maximum Gasteiger partial charge on any atom is 0.271 e. The molecule has 0 aliphatic carbocycles. The minimum atomic E-state index is -0.509. The molecule has 0 fully saturated rings. The van der Waals surface area contributed by atoms with E-state index in [1.54, 1.807) is 0 Å². The lowest BCUT2D eigenvalue weighted by atomic mass is 10.3. The van der Waals surface area contributed by atoms with Gasteiger partial charge in [-0.3, -0.25) is 10.1 Å². The van der Waals surface area contributed by atoms with Crippen LogP contribution in [0.15, 0.2) is 18.2 Å². The number of nitrogens with zero attached hydrogens (tertiary/aromatic N) is 1. The van der Waals surface area contributed by atoms with Crippen LogP contribution in [0.5, 0.6) is 5.75 Å². The summed E-state index contributed by atoms with van der Waals surface area (Å²) in [6, 6.07) is 4.05. The molecule has 5 heteroatoms. The van der Waals surface area contributed by atoms with Gasteiger partial charge in [0.1, 0.15) is 5.75 Å². The van der Waals surface area contributed by atoms with Gasteiger partial charge in [0.2, 0.25) is 0 Å². The highest BCUT2D eigenvalue weighted by atomic mass is 35.5. The fourth-order valence-corrected chi connectivity index (χ4v) is 1.02. The average molecular weight is 188 g/mol. The van der Waals surface area contributed by atoms with Crippen molar-refractivity contribution in [3.63, 3.8) is 0 Å². The number of ether oxygens (including phenoxy) is 1. The van der Waals surface area contributed by atoms with Gasteiger partial charge in [-0.05, 0) is 6.07 Å². The molecule has 0 saturated heterocycles. The number of non-ortho nitro benzene ring substituents is 1. The van der Waals surface area contributed by atoms with Crippen LogP contribution in [-0.4, -0.2) is 12.0 Å². The van der Waals surface area contributed by atoms with Crippen molar-refractivity contribution >= 4 is 17.3 Å². The molecule has 0 spiro atoms. The maximum absolute atomic E-state index is 10.3. The zero-order valence-corrected chi connectivity index (χ0v) is 7.04. The number of hydrogen-bond acceptors (Lipinski definition) is 3. The molecule has 1 aromatic carbocycles. The maximum atomic E-state index is 10.3. The third kappa shape index (κ3) is 1.65. The van der Waals surface area contributed by atoms with Gasteiger partial charge in [-0.2, -0.15) is 0 Å². The highest BCUT2D eigenvalue weighted by Crippen LogP contribution is 2.27. The summed E-state index contributed by atoms with van der Waals surface area (Å²) in [5.41, 5.74) is -0.0409. The third-order valence-corrected chi connectivity index (χ3v) is 1.64. The van der Waals surface area contributed by atoms with E-state index < -0.39 is 4.92 Å². The van der Waals surface area contributed by atoms with Gasteiger partial charge in [-0.15, -0.1) is 0 Å². The third-order valence-electron chi connectivity index (χ3n) is 1.35. The van der Waals surface area contributed by atoms with Gasteiger partial charge in [-0.1, -0.05) is 11.6 Å². The SMILES string of the molecule is COc1ccc([N+](=O)[O-])cc1Cl. The molecule has 0 amide bonds. The Morgan fingerprint density at radius 1 is 1.58 bits per heavy atom. The number of rotatable bonds is 2. The standard InChI is InChI=1S/C7H6ClNO3/c1-12-7-3-2-5(9(10)11)4-6(7)8/h2-4H,1H3. The summed E-state index contributed by atoms with van der Waals surface area (Å²) in [6.45, 7) is 0. The van der Waals surface area contributed by atoms with Gasteiger partial charge < -0.3 is 4.74 Å². The molecule has 1 rings (SSSR count). The number of nitro groups is 1. The van der Waals surface area contributed by atoms with E-state index in [4.69, 9.17) is 16.3 Å². The molecule has 1 aromatic rings. The Morgan fingerprint density at radius 3 is 2.67 bits per heavy atom.